The van der Waals surface area contributed by atoms with Crippen LogP contribution in [0.1, 0.15) is 24.3 Å². The molecule has 23 heavy (non-hydrogen) atoms. The third kappa shape index (κ3) is 2.84. The zero-order valence-electron chi connectivity index (χ0n) is 13.2. The summed E-state index contributed by atoms with van der Waals surface area (Å²) in [5.74, 6) is 0.336. The van der Waals surface area contributed by atoms with Gasteiger partial charge in [0.1, 0.15) is 5.52 Å². The molecule has 1 aromatic heterocycles. The number of fused-ring (bicyclic) bond motifs is 1. The number of amides is 1. The van der Waals surface area contributed by atoms with Crippen LogP contribution in [-0.4, -0.2) is 47.9 Å². The van der Waals surface area contributed by atoms with Crippen LogP contribution < -0.4 is 0 Å². The van der Waals surface area contributed by atoms with E-state index in [0.717, 1.165) is 29.5 Å². The van der Waals surface area contributed by atoms with Gasteiger partial charge in [-0.15, -0.1) is 0 Å². The number of carbonyl (C=O) groups is 1. The Morgan fingerprint density at radius 2 is 2.00 bits per heavy atom. The van der Waals surface area contributed by atoms with Crippen molar-refractivity contribution in [2.45, 2.75) is 32.0 Å². The lowest BCUT2D eigenvalue weighted by atomic mass is 10.0. The smallest absolute Gasteiger partial charge is 0.226 e. The summed E-state index contributed by atoms with van der Waals surface area (Å²) in [4.78, 5) is 18.7. The van der Waals surface area contributed by atoms with E-state index in [1.165, 1.54) is 0 Å². The fourth-order valence-corrected chi connectivity index (χ4v) is 3.36. The second-order valence-corrected chi connectivity index (χ2v) is 6.20. The minimum atomic E-state index is -0.437. The summed E-state index contributed by atoms with van der Waals surface area (Å²) >= 11 is 0. The molecule has 122 valence electrons. The molecule has 4 rings (SSSR count). The molecule has 1 amide bonds. The Hall–Kier alpha value is -1.92. The average molecular weight is 316 g/mol. The van der Waals surface area contributed by atoms with Crippen LogP contribution in [0.4, 0.5) is 0 Å². The van der Waals surface area contributed by atoms with Crippen LogP contribution in [0.3, 0.4) is 0 Å². The minimum Gasteiger partial charge on any atom is -0.441 e. The Bertz CT molecular complexity index is 723. The first-order valence-electron chi connectivity index (χ1n) is 8.05. The van der Waals surface area contributed by atoms with E-state index in [4.69, 9.17) is 13.9 Å². The lowest BCUT2D eigenvalue weighted by Crippen LogP contribution is -2.47. The van der Waals surface area contributed by atoms with Crippen LogP contribution >= 0.6 is 0 Å². The number of nitrogens with zero attached hydrogens (tertiary/aromatic N) is 2. The highest BCUT2D eigenvalue weighted by Crippen LogP contribution is 2.31. The van der Waals surface area contributed by atoms with Gasteiger partial charge in [0.2, 0.25) is 5.91 Å². The van der Waals surface area contributed by atoms with Crippen LogP contribution in [0.2, 0.25) is 0 Å². The number of oxazole rings is 1. The topological polar surface area (TPSA) is 64.8 Å². The van der Waals surface area contributed by atoms with Gasteiger partial charge in [-0.2, -0.15) is 0 Å². The molecule has 2 aliphatic heterocycles. The molecule has 6 heteroatoms. The average Bonchev–Trinajstić information content (AvgIpc) is 3.13. The number of benzene rings is 1. The van der Waals surface area contributed by atoms with Crippen LogP contribution in [0.15, 0.2) is 22.6 Å². The summed E-state index contributed by atoms with van der Waals surface area (Å²) in [5, 5.41) is 0. The highest BCUT2D eigenvalue weighted by Gasteiger charge is 2.40. The first-order valence-corrected chi connectivity index (χ1v) is 8.05. The number of carbonyl (C=O) groups excluding carboxylic acids is 1. The van der Waals surface area contributed by atoms with E-state index in [1.807, 2.05) is 30.0 Å². The molecule has 1 aromatic carbocycles. The van der Waals surface area contributed by atoms with E-state index in [0.29, 0.717) is 38.6 Å². The van der Waals surface area contributed by atoms with Gasteiger partial charge in [-0.05, 0) is 17.7 Å². The van der Waals surface area contributed by atoms with Gasteiger partial charge in [-0.1, -0.05) is 6.07 Å². The SMILES string of the molecule is Cc1nc2ccc(CC(=O)N3CCC4(CC3)OCCO4)cc2o1. The molecule has 0 bridgehead atoms. The van der Waals surface area contributed by atoms with Crippen molar-refractivity contribution in [2.75, 3.05) is 26.3 Å². The van der Waals surface area contributed by atoms with Gasteiger partial charge in [0.15, 0.2) is 17.3 Å². The summed E-state index contributed by atoms with van der Waals surface area (Å²) in [6.07, 6.45) is 1.88. The molecule has 1 spiro atoms. The number of hydrogen-bond donors (Lipinski definition) is 0. The van der Waals surface area contributed by atoms with E-state index in [9.17, 15) is 4.79 Å². The van der Waals surface area contributed by atoms with Crippen molar-refractivity contribution >= 4 is 17.0 Å². The molecule has 0 N–H and O–H groups in total. The summed E-state index contributed by atoms with van der Waals surface area (Å²) in [5.41, 5.74) is 2.51. The Morgan fingerprint density at radius 1 is 1.26 bits per heavy atom. The van der Waals surface area contributed by atoms with Gasteiger partial charge < -0.3 is 18.8 Å². The van der Waals surface area contributed by atoms with Crippen molar-refractivity contribution in [3.8, 4) is 0 Å². The number of hydrogen-bond acceptors (Lipinski definition) is 5. The predicted molar refractivity (Wildman–Crippen MR) is 82.9 cm³/mol. The van der Waals surface area contributed by atoms with Gasteiger partial charge in [0.05, 0.1) is 19.6 Å². The number of rotatable bonds is 2. The molecule has 3 heterocycles. The minimum absolute atomic E-state index is 0.133. The fourth-order valence-electron chi connectivity index (χ4n) is 3.36. The Kier molecular flexibility index (Phi) is 3.58. The monoisotopic (exact) mass is 316 g/mol. The maximum absolute atomic E-state index is 12.5. The van der Waals surface area contributed by atoms with Gasteiger partial charge in [-0.25, -0.2) is 4.98 Å². The van der Waals surface area contributed by atoms with Crippen LogP contribution in [-0.2, 0) is 20.7 Å². The molecule has 2 aromatic rings. The lowest BCUT2D eigenvalue weighted by molar-refractivity contribution is -0.187. The summed E-state index contributed by atoms with van der Waals surface area (Å²) in [6.45, 7) is 4.50. The highest BCUT2D eigenvalue weighted by molar-refractivity contribution is 5.81. The maximum Gasteiger partial charge on any atom is 0.226 e. The number of aromatic nitrogens is 1. The van der Waals surface area contributed by atoms with Gasteiger partial charge in [0, 0.05) is 32.9 Å². The maximum atomic E-state index is 12.5. The van der Waals surface area contributed by atoms with E-state index < -0.39 is 5.79 Å². The number of ether oxygens (including phenoxy) is 2. The number of likely N-dealkylation sites (tertiary alicyclic amines) is 1. The molecule has 0 unspecified atom stereocenters. The first-order chi connectivity index (χ1) is 11.1. The van der Waals surface area contributed by atoms with Gasteiger partial charge in [0.25, 0.3) is 0 Å². The predicted octanol–water partition coefficient (Wildman–Crippen LogP) is 2.04. The molecule has 2 saturated heterocycles. The van der Waals surface area contributed by atoms with Gasteiger partial charge in [-0.3, -0.25) is 4.79 Å². The second-order valence-electron chi connectivity index (χ2n) is 6.20. The summed E-state index contributed by atoms with van der Waals surface area (Å²) in [6, 6.07) is 5.75. The largest absolute Gasteiger partial charge is 0.441 e. The lowest BCUT2D eigenvalue weighted by Gasteiger charge is -2.37. The zero-order valence-corrected chi connectivity index (χ0v) is 13.2. The quantitative estimate of drug-likeness (QED) is 0.848. The van der Waals surface area contributed by atoms with Crippen molar-refractivity contribution in [1.29, 1.82) is 0 Å². The van der Waals surface area contributed by atoms with E-state index in [1.54, 1.807) is 0 Å². The van der Waals surface area contributed by atoms with Crippen molar-refractivity contribution < 1.29 is 18.7 Å². The van der Waals surface area contributed by atoms with Crippen molar-refractivity contribution in [3.63, 3.8) is 0 Å². The van der Waals surface area contributed by atoms with Crippen molar-refractivity contribution in [3.05, 3.63) is 29.7 Å². The zero-order chi connectivity index (χ0) is 15.9. The van der Waals surface area contributed by atoms with Crippen LogP contribution in [0, 0.1) is 6.92 Å². The van der Waals surface area contributed by atoms with E-state index >= 15 is 0 Å². The first kappa shape index (κ1) is 14.7. The highest BCUT2D eigenvalue weighted by atomic mass is 16.7. The van der Waals surface area contributed by atoms with Crippen LogP contribution in [0.5, 0.6) is 0 Å². The van der Waals surface area contributed by atoms with E-state index in [2.05, 4.69) is 4.98 Å². The number of aryl methyl sites for hydroxylation is 1. The van der Waals surface area contributed by atoms with Crippen LogP contribution in [0.25, 0.3) is 11.1 Å². The third-order valence-electron chi connectivity index (χ3n) is 4.61. The van der Waals surface area contributed by atoms with Crippen molar-refractivity contribution in [1.82, 2.24) is 9.88 Å². The second kappa shape index (κ2) is 5.62. The fraction of sp³-hybridized carbons (Fsp3) is 0.529. The molecular weight excluding hydrogens is 296 g/mol. The normalized spacial score (nSPS) is 20.5. The number of piperidine rings is 1. The molecular formula is C17H20N2O4. The summed E-state index contributed by atoms with van der Waals surface area (Å²) in [7, 11) is 0. The summed E-state index contributed by atoms with van der Waals surface area (Å²) < 4.78 is 16.9. The van der Waals surface area contributed by atoms with Crippen molar-refractivity contribution in [2.24, 2.45) is 0 Å². The third-order valence-corrected chi connectivity index (χ3v) is 4.61. The molecule has 6 nitrogen and oxygen atoms in total. The van der Waals surface area contributed by atoms with E-state index in [-0.39, 0.29) is 5.91 Å². The molecule has 0 radical (unpaired) electrons. The standard InChI is InChI=1S/C17H20N2O4/c1-12-18-14-3-2-13(10-15(14)23-12)11-16(20)19-6-4-17(5-7-19)21-8-9-22-17/h2-3,10H,4-9,11H2,1H3. The Balaban J connectivity index is 1.41. The van der Waals surface area contributed by atoms with Gasteiger partial charge >= 0.3 is 0 Å². The molecule has 2 aliphatic rings. The Morgan fingerprint density at radius 3 is 2.74 bits per heavy atom. The molecule has 0 saturated carbocycles. The molecule has 0 atom stereocenters. The Labute approximate surface area is 134 Å². The molecule has 0 aliphatic carbocycles. The molecule has 2 fully saturated rings.